The van der Waals surface area contributed by atoms with Crippen LogP contribution >= 0.6 is 22.7 Å². The van der Waals surface area contributed by atoms with Crippen LogP contribution in [0.2, 0.25) is 0 Å². The average Bonchev–Trinajstić information content (AvgIpc) is 4.02. The van der Waals surface area contributed by atoms with Crippen LogP contribution in [-0.4, -0.2) is 4.98 Å². The number of furan rings is 2. The summed E-state index contributed by atoms with van der Waals surface area (Å²) in [6.07, 6.45) is 0. The number of aromatic nitrogens is 1. The highest BCUT2D eigenvalue weighted by molar-refractivity contribution is 7.25. The molecule has 6 heteroatoms. The molecule has 0 saturated carbocycles. The average molecular weight is 741 g/mol. The van der Waals surface area contributed by atoms with Crippen molar-refractivity contribution < 1.29 is 8.83 Å². The molecule has 0 spiro atoms. The van der Waals surface area contributed by atoms with Gasteiger partial charge in [0.2, 0.25) is 0 Å². The van der Waals surface area contributed by atoms with Gasteiger partial charge in [-0.25, -0.2) is 4.98 Å². The maximum atomic E-state index is 6.38. The van der Waals surface area contributed by atoms with Crippen LogP contribution in [0.15, 0.2) is 179 Å². The maximum Gasteiger partial charge on any atom is 0.137 e. The lowest BCUT2D eigenvalue weighted by molar-refractivity contribution is 0.668. The van der Waals surface area contributed by atoms with Crippen molar-refractivity contribution in [2.24, 2.45) is 0 Å². The second kappa shape index (κ2) is 11.9. The lowest BCUT2D eigenvalue weighted by Gasteiger charge is -2.26. The minimum atomic E-state index is 0.854. The van der Waals surface area contributed by atoms with E-state index in [-0.39, 0.29) is 0 Å². The largest absolute Gasteiger partial charge is 0.456 e. The van der Waals surface area contributed by atoms with Crippen molar-refractivity contribution in [3.63, 3.8) is 0 Å². The molecular formula is C49H28N2O2S2. The van der Waals surface area contributed by atoms with Gasteiger partial charge in [-0.2, -0.15) is 0 Å². The van der Waals surface area contributed by atoms with Crippen LogP contribution in [0.25, 0.3) is 96.0 Å². The van der Waals surface area contributed by atoms with E-state index in [4.69, 9.17) is 13.8 Å². The lowest BCUT2D eigenvalue weighted by Crippen LogP contribution is -2.09. The molecule has 0 radical (unpaired) electrons. The van der Waals surface area contributed by atoms with Gasteiger partial charge in [0.15, 0.2) is 0 Å². The van der Waals surface area contributed by atoms with Crippen LogP contribution in [0, 0.1) is 0 Å². The van der Waals surface area contributed by atoms with Gasteiger partial charge in [0.1, 0.15) is 27.3 Å². The van der Waals surface area contributed by atoms with Crippen molar-refractivity contribution >= 4 is 114 Å². The molecule has 0 N–H and O–H groups in total. The first kappa shape index (κ1) is 30.7. The molecule has 0 amide bonds. The molecule has 4 heterocycles. The van der Waals surface area contributed by atoms with Crippen LogP contribution in [0.3, 0.4) is 0 Å². The normalized spacial score (nSPS) is 12.0. The summed E-state index contributed by atoms with van der Waals surface area (Å²) >= 11 is 3.55. The maximum absolute atomic E-state index is 6.38. The molecule has 12 aromatic rings. The van der Waals surface area contributed by atoms with Crippen molar-refractivity contribution in [2.45, 2.75) is 0 Å². The molecule has 0 bridgehead atoms. The summed E-state index contributed by atoms with van der Waals surface area (Å²) in [5.41, 5.74) is 11.0. The lowest BCUT2D eigenvalue weighted by atomic mass is 10.0. The summed E-state index contributed by atoms with van der Waals surface area (Å²) in [7, 11) is 0. The summed E-state index contributed by atoms with van der Waals surface area (Å²) < 4.78 is 16.5. The topological polar surface area (TPSA) is 42.4 Å². The second-order valence-corrected chi connectivity index (χ2v) is 16.0. The van der Waals surface area contributed by atoms with E-state index < -0.39 is 0 Å². The van der Waals surface area contributed by atoms with E-state index in [0.717, 1.165) is 92.9 Å². The number of thiophene rings is 1. The molecule has 0 atom stereocenters. The number of nitrogens with zero attached hydrogens (tertiary/aromatic N) is 2. The van der Waals surface area contributed by atoms with Crippen LogP contribution < -0.4 is 4.90 Å². The molecule has 258 valence electrons. The molecule has 0 unspecified atom stereocenters. The number of thiazole rings is 1. The minimum absolute atomic E-state index is 0.854. The van der Waals surface area contributed by atoms with E-state index in [9.17, 15) is 0 Å². The van der Waals surface area contributed by atoms with E-state index in [1.54, 1.807) is 11.3 Å². The molecule has 0 aliphatic carbocycles. The zero-order valence-corrected chi connectivity index (χ0v) is 30.8. The van der Waals surface area contributed by atoms with Crippen LogP contribution in [0.1, 0.15) is 0 Å². The Morgan fingerprint density at radius 1 is 0.382 bits per heavy atom. The molecule has 8 aromatic carbocycles. The first-order valence-electron chi connectivity index (χ1n) is 18.3. The zero-order valence-electron chi connectivity index (χ0n) is 29.2. The standard InChI is InChI=1S/C49H28N2O2S2/c1-2-8-30(9-3-1)49-50-48-46(55-49)25-23-42-47(48)39-26-31(16-22-41(39)52-42)29-14-17-32(18-15-29)51(33-20-24-45-38(27-33)37-11-5-7-13-44(37)54-45)34-19-21-36-35-10-4-6-12-40(35)53-43(36)28-34/h1-28H. The van der Waals surface area contributed by atoms with Gasteiger partial charge in [0.05, 0.1) is 15.6 Å². The molecule has 0 saturated heterocycles. The molecule has 12 rings (SSSR count). The number of hydrogen-bond acceptors (Lipinski definition) is 6. The summed E-state index contributed by atoms with van der Waals surface area (Å²) in [6, 6.07) is 60.2. The van der Waals surface area contributed by atoms with E-state index in [1.807, 2.05) is 29.5 Å². The monoisotopic (exact) mass is 740 g/mol. The Kier molecular flexibility index (Phi) is 6.64. The third-order valence-electron chi connectivity index (χ3n) is 10.7. The van der Waals surface area contributed by atoms with E-state index in [0.29, 0.717) is 0 Å². The molecule has 0 aliphatic heterocycles. The van der Waals surface area contributed by atoms with Crippen molar-refractivity contribution in [3.05, 3.63) is 170 Å². The van der Waals surface area contributed by atoms with Gasteiger partial charge in [-0.05, 0) is 90.0 Å². The minimum Gasteiger partial charge on any atom is -0.456 e. The van der Waals surface area contributed by atoms with Gasteiger partial charge in [0, 0.05) is 65.0 Å². The third-order valence-corrected chi connectivity index (χ3v) is 12.9. The second-order valence-electron chi connectivity index (χ2n) is 13.9. The Bertz CT molecular complexity index is 3440. The van der Waals surface area contributed by atoms with Gasteiger partial charge in [-0.1, -0.05) is 84.9 Å². The SMILES string of the molecule is c1ccc(-c2nc3c(ccc4oc5ccc(-c6ccc(N(c7ccc8c(c7)oc7ccccc78)c7ccc8sc9ccccc9c8c7)cc6)cc5c43)s2)cc1. The van der Waals surface area contributed by atoms with Gasteiger partial charge in [0.25, 0.3) is 0 Å². The smallest absolute Gasteiger partial charge is 0.137 e. The highest BCUT2D eigenvalue weighted by Crippen LogP contribution is 2.44. The summed E-state index contributed by atoms with van der Waals surface area (Å²) in [4.78, 5) is 7.47. The fraction of sp³-hybridized carbons (Fsp3) is 0. The van der Waals surface area contributed by atoms with Gasteiger partial charge >= 0.3 is 0 Å². The van der Waals surface area contributed by atoms with Gasteiger partial charge in [-0.15, -0.1) is 22.7 Å². The third kappa shape index (κ3) is 4.85. The Morgan fingerprint density at radius 2 is 1.04 bits per heavy atom. The molecule has 4 nitrogen and oxygen atoms in total. The predicted molar refractivity (Wildman–Crippen MR) is 233 cm³/mol. The number of rotatable bonds is 5. The first-order valence-corrected chi connectivity index (χ1v) is 19.9. The van der Waals surface area contributed by atoms with Crippen molar-refractivity contribution in [2.75, 3.05) is 4.90 Å². The Balaban J connectivity index is 0.984. The van der Waals surface area contributed by atoms with Crippen molar-refractivity contribution in [1.29, 1.82) is 0 Å². The van der Waals surface area contributed by atoms with Gasteiger partial charge in [-0.3, -0.25) is 0 Å². The molecule has 55 heavy (non-hydrogen) atoms. The number of benzene rings is 8. The molecular weight excluding hydrogens is 713 g/mol. The van der Waals surface area contributed by atoms with Crippen LogP contribution in [0.5, 0.6) is 0 Å². The van der Waals surface area contributed by atoms with E-state index >= 15 is 0 Å². The molecule has 4 aromatic heterocycles. The molecule has 0 fully saturated rings. The predicted octanol–water partition coefficient (Wildman–Crippen LogP) is 15.3. The Morgan fingerprint density at radius 3 is 1.95 bits per heavy atom. The first-order chi connectivity index (χ1) is 27.2. The van der Waals surface area contributed by atoms with Gasteiger partial charge < -0.3 is 13.7 Å². The van der Waals surface area contributed by atoms with Crippen molar-refractivity contribution in [3.8, 4) is 21.7 Å². The van der Waals surface area contributed by atoms with Crippen LogP contribution in [-0.2, 0) is 0 Å². The summed E-state index contributed by atoms with van der Waals surface area (Å²) in [5, 5.41) is 7.93. The number of para-hydroxylation sites is 1. The zero-order chi connectivity index (χ0) is 36.0. The molecule has 0 aliphatic rings. The Hall–Kier alpha value is -6.73. The highest BCUT2D eigenvalue weighted by atomic mass is 32.1. The quantitative estimate of drug-likeness (QED) is 0.176. The number of anilines is 3. The van der Waals surface area contributed by atoms with E-state index in [2.05, 4.69) is 157 Å². The van der Waals surface area contributed by atoms with Crippen LogP contribution in [0.4, 0.5) is 17.1 Å². The number of hydrogen-bond donors (Lipinski definition) is 0. The highest BCUT2D eigenvalue weighted by Gasteiger charge is 2.19. The number of fused-ring (bicyclic) bond motifs is 11. The van der Waals surface area contributed by atoms with Crippen molar-refractivity contribution in [1.82, 2.24) is 4.98 Å². The van der Waals surface area contributed by atoms with E-state index in [1.165, 1.54) is 20.2 Å². The fourth-order valence-electron chi connectivity index (χ4n) is 8.09. The fourth-order valence-corrected chi connectivity index (χ4v) is 10.2. The summed E-state index contributed by atoms with van der Waals surface area (Å²) in [5.74, 6) is 0. The summed E-state index contributed by atoms with van der Waals surface area (Å²) in [6.45, 7) is 0. The Labute approximate surface area is 322 Å².